The molecule has 6 nitrogen and oxygen atoms in total. The second-order valence-electron chi connectivity index (χ2n) is 5.15. The Morgan fingerprint density at radius 2 is 2.00 bits per heavy atom. The summed E-state index contributed by atoms with van der Waals surface area (Å²) in [5, 5.41) is 14.4. The molecule has 1 fully saturated rings. The summed E-state index contributed by atoms with van der Waals surface area (Å²) in [6, 6.07) is -0.360. The van der Waals surface area contributed by atoms with Gasteiger partial charge in [-0.25, -0.2) is 4.79 Å². The van der Waals surface area contributed by atoms with Gasteiger partial charge in [-0.3, -0.25) is 9.00 Å². The lowest BCUT2D eigenvalue weighted by Crippen LogP contribution is -2.49. The van der Waals surface area contributed by atoms with Gasteiger partial charge in [0.1, 0.15) is 0 Å². The van der Waals surface area contributed by atoms with Gasteiger partial charge in [-0.15, -0.1) is 0 Å². The molecule has 2 atom stereocenters. The molecular weight excluding hydrogens is 268 g/mol. The third-order valence-electron chi connectivity index (χ3n) is 3.75. The van der Waals surface area contributed by atoms with Crippen molar-refractivity contribution in [2.45, 2.75) is 37.9 Å². The summed E-state index contributed by atoms with van der Waals surface area (Å²) in [6.45, 7) is 2.47. The van der Waals surface area contributed by atoms with Gasteiger partial charge in [0.05, 0.1) is 5.41 Å². The number of hydrogen-bond donors (Lipinski definition) is 3. The first kappa shape index (κ1) is 15.9. The van der Waals surface area contributed by atoms with Crippen LogP contribution in [0.3, 0.4) is 0 Å². The van der Waals surface area contributed by atoms with E-state index >= 15 is 0 Å². The van der Waals surface area contributed by atoms with Crippen molar-refractivity contribution in [2.75, 3.05) is 19.3 Å². The number of aliphatic carboxylic acids is 1. The van der Waals surface area contributed by atoms with E-state index in [1.165, 1.54) is 0 Å². The van der Waals surface area contributed by atoms with E-state index in [4.69, 9.17) is 5.11 Å². The summed E-state index contributed by atoms with van der Waals surface area (Å²) < 4.78 is 11.1. The van der Waals surface area contributed by atoms with Gasteiger partial charge in [0, 0.05) is 35.4 Å². The summed E-state index contributed by atoms with van der Waals surface area (Å²) >= 11 is 0. The molecule has 0 radical (unpaired) electrons. The fourth-order valence-electron chi connectivity index (χ4n) is 1.94. The Hall–Kier alpha value is -1.11. The molecule has 110 valence electrons. The second kappa shape index (κ2) is 6.88. The Balaban J connectivity index is 2.21. The maximum absolute atomic E-state index is 11.5. The number of rotatable bonds is 7. The smallest absolute Gasteiger partial charge is 0.314 e. The van der Waals surface area contributed by atoms with Gasteiger partial charge < -0.3 is 15.7 Å². The molecule has 1 aliphatic carbocycles. The molecule has 0 heterocycles. The average Bonchev–Trinajstić information content (AvgIpc) is 2.26. The van der Waals surface area contributed by atoms with Crippen LogP contribution in [0, 0.1) is 5.41 Å². The van der Waals surface area contributed by atoms with Crippen LogP contribution in [0.15, 0.2) is 0 Å². The Morgan fingerprint density at radius 3 is 2.42 bits per heavy atom. The topological polar surface area (TPSA) is 95.5 Å². The van der Waals surface area contributed by atoms with Crippen LogP contribution in [0.2, 0.25) is 0 Å². The first-order chi connectivity index (χ1) is 8.87. The van der Waals surface area contributed by atoms with Crippen molar-refractivity contribution in [3.63, 3.8) is 0 Å². The molecule has 19 heavy (non-hydrogen) atoms. The number of amides is 2. The Labute approximate surface area is 115 Å². The monoisotopic (exact) mass is 290 g/mol. The van der Waals surface area contributed by atoms with Crippen LogP contribution in [0.25, 0.3) is 0 Å². The molecule has 1 aliphatic rings. The van der Waals surface area contributed by atoms with Gasteiger partial charge in [-0.1, -0.05) is 13.3 Å². The number of carbonyl (C=O) groups excluding carboxylic acids is 1. The zero-order valence-electron chi connectivity index (χ0n) is 11.4. The van der Waals surface area contributed by atoms with E-state index in [2.05, 4.69) is 10.6 Å². The lowest BCUT2D eigenvalue weighted by atomic mass is 9.69. The first-order valence-electron chi connectivity index (χ1n) is 6.45. The fraction of sp³-hybridized carbons (Fsp3) is 0.833. The lowest BCUT2D eigenvalue weighted by Gasteiger charge is -2.37. The zero-order valence-corrected chi connectivity index (χ0v) is 12.2. The van der Waals surface area contributed by atoms with E-state index in [9.17, 15) is 13.8 Å². The van der Waals surface area contributed by atoms with Crippen LogP contribution < -0.4 is 10.6 Å². The normalized spacial score (nSPS) is 19.9. The van der Waals surface area contributed by atoms with E-state index in [1.54, 1.807) is 6.26 Å². The van der Waals surface area contributed by atoms with Gasteiger partial charge in [-0.2, -0.15) is 0 Å². The van der Waals surface area contributed by atoms with Gasteiger partial charge in [-0.05, 0) is 19.3 Å². The lowest BCUT2D eigenvalue weighted by molar-refractivity contribution is -0.153. The number of nitrogens with one attached hydrogen (secondary N) is 2. The molecule has 0 saturated heterocycles. The minimum atomic E-state index is -0.891. The van der Waals surface area contributed by atoms with Gasteiger partial charge >= 0.3 is 12.0 Å². The highest BCUT2D eigenvalue weighted by Gasteiger charge is 2.44. The van der Waals surface area contributed by atoms with Crippen LogP contribution in [-0.2, 0) is 15.6 Å². The second-order valence-corrected chi connectivity index (χ2v) is 6.95. The summed E-state index contributed by atoms with van der Waals surface area (Å²) in [4.78, 5) is 22.6. The van der Waals surface area contributed by atoms with Crippen LogP contribution in [0.4, 0.5) is 4.79 Å². The molecule has 3 N–H and O–H groups in total. The molecule has 1 saturated carbocycles. The molecule has 7 heteroatoms. The van der Waals surface area contributed by atoms with E-state index in [-0.39, 0.29) is 17.8 Å². The van der Waals surface area contributed by atoms with E-state index in [0.717, 1.165) is 6.42 Å². The van der Waals surface area contributed by atoms with Gasteiger partial charge in [0.25, 0.3) is 0 Å². The quantitative estimate of drug-likeness (QED) is 0.643. The highest BCUT2D eigenvalue weighted by molar-refractivity contribution is 7.84. The molecular formula is C12H22N2O4S. The fourth-order valence-corrected chi connectivity index (χ4v) is 2.39. The van der Waals surface area contributed by atoms with Crippen molar-refractivity contribution in [1.82, 2.24) is 10.6 Å². The van der Waals surface area contributed by atoms with Gasteiger partial charge in [0.2, 0.25) is 0 Å². The maximum Gasteiger partial charge on any atom is 0.314 e. The van der Waals surface area contributed by atoms with E-state index in [1.807, 2.05) is 6.92 Å². The molecule has 1 rings (SSSR count). The van der Waals surface area contributed by atoms with Crippen molar-refractivity contribution in [3.8, 4) is 0 Å². The number of hydrogen-bond acceptors (Lipinski definition) is 3. The number of carboxylic acid groups (broad SMARTS) is 1. The third-order valence-corrected chi connectivity index (χ3v) is 5.12. The highest BCUT2D eigenvalue weighted by atomic mass is 32.2. The number of carboxylic acids is 1. The molecule has 0 bridgehead atoms. The minimum Gasteiger partial charge on any atom is -0.481 e. The largest absolute Gasteiger partial charge is 0.481 e. The Bertz CT molecular complexity index is 369. The van der Waals surface area contributed by atoms with Crippen LogP contribution >= 0.6 is 0 Å². The average molecular weight is 290 g/mol. The van der Waals surface area contributed by atoms with Crippen molar-refractivity contribution < 1.29 is 18.9 Å². The minimum absolute atomic E-state index is 0.0392. The standard InChI is InChI=1S/C12H22N2O4S/c1-9(19(2)18)4-7-13-11(17)14-8-12(10(15)16)5-3-6-12/h9H,3-8H2,1-2H3,(H,15,16)(H2,13,14,17). The summed E-state index contributed by atoms with van der Waals surface area (Å²) in [7, 11) is -0.891. The summed E-state index contributed by atoms with van der Waals surface area (Å²) in [5.41, 5.74) is -0.768. The van der Waals surface area contributed by atoms with Crippen molar-refractivity contribution in [1.29, 1.82) is 0 Å². The predicted molar refractivity (Wildman–Crippen MR) is 73.5 cm³/mol. The van der Waals surface area contributed by atoms with Crippen LogP contribution in [0.1, 0.15) is 32.6 Å². The molecule has 0 aromatic heterocycles. The summed E-state index contributed by atoms with van der Waals surface area (Å²) in [5.74, 6) is -0.839. The predicted octanol–water partition coefficient (Wildman–Crippen LogP) is 0.698. The molecule has 0 spiro atoms. The van der Waals surface area contributed by atoms with E-state index in [0.29, 0.717) is 25.8 Å². The SMILES string of the molecule is CC(CCNC(=O)NCC1(C(=O)O)CCC1)S(C)=O. The van der Waals surface area contributed by atoms with Crippen molar-refractivity contribution in [2.24, 2.45) is 5.41 Å². The van der Waals surface area contributed by atoms with Crippen molar-refractivity contribution in [3.05, 3.63) is 0 Å². The first-order valence-corrected chi connectivity index (χ1v) is 8.07. The van der Waals surface area contributed by atoms with Crippen LogP contribution in [0.5, 0.6) is 0 Å². The van der Waals surface area contributed by atoms with Crippen molar-refractivity contribution >= 4 is 22.8 Å². The Morgan fingerprint density at radius 1 is 1.37 bits per heavy atom. The molecule has 0 aliphatic heterocycles. The highest BCUT2D eigenvalue weighted by Crippen LogP contribution is 2.40. The Kier molecular flexibility index (Phi) is 5.78. The van der Waals surface area contributed by atoms with E-state index < -0.39 is 22.2 Å². The summed E-state index contributed by atoms with van der Waals surface area (Å²) in [6.07, 6.45) is 4.41. The number of urea groups is 1. The van der Waals surface area contributed by atoms with Crippen LogP contribution in [-0.4, -0.2) is 45.9 Å². The molecule has 2 unspecified atom stereocenters. The number of carbonyl (C=O) groups is 2. The molecule has 0 aromatic carbocycles. The molecule has 2 amide bonds. The third kappa shape index (κ3) is 4.49. The molecule has 0 aromatic rings. The zero-order chi connectivity index (χ0) is 14.5. The maximum atomic E-state index is 11.5. The van der Waals surface area contributed by atoms with Gasteiger partial charge in [0.15, 0.2) is 0 Å².